The maximum atomic E-state index is 10.5. The van der Waals surface area contributed by atoms with Crippen LogP contribution in [0, 0.1) is 10.1 Å². The third kappa shape index (κ3) is 3.29. The number of hydrogen-bond donors (Lipinski definition) is 1. The first-order valence-electron chi connectivity index (χ1n) is 7.13. The molecule has 116 valence electrons. The van der Waals surface area contributed by atoms with Crippen LogP contribution in [0.15, 0.2) is 30.6 Å². The minimum Gasteiger partial charge on any atom is -0.390 e. The quantitative estimate of drug-likeness (QED) is 0.642. The first-order valence-corrected chi connectivity index (χ1v) is 7.13. The van der Waals surface area contributed by atoms with Gasteiger partial charge in [0.05, 0.1) is 12.6 Å². The number of benzene rings is 1. The molecule has 8 nitrogen and oxygen atoms in total. The van der Waals surface area contributed by atoms with Crippen LogP contribution in [0.3, 0.4) is 0 Å². The van der Waals surface area contributed by atoms with Gasteiger partial charge in [-0.05, 0) is 22.5 Å². The van der Waals surface area contributed by atoms with Gasteiger partial charge in [-0.1, -0.05) is 29.2 Å². The van der Waals surface area contributed by atoms with Crippen LogP contribution in [0.2, 0.25) is 0 Å². The van der Waals surface area contributed by atoms with Gasteiger partial charge in [-0.3, -0.25) is 4.90 Å². The number of aromatic nitrogens is 3. The molecule has 0 saturated carbocycles. The van der Waals surface area contributed by atoms with Gasteiger partial charge in [0.2, 0.25) is 6.33 Å². The molecule has 22 heavy (non-hydrogen) atoms. The molecule has 2 aromatic rings. The average molecular weight is 303 g/mol. The monoisotopic (exact) mass is 303 g/mol. The summed E-state index contributed by atoms with van der Waals surface area (Å²) < 4.78 is 1.31. The van der Waals surface area contributed by atoms with Gasteiger partial charge in [0.15, 0.2) is 0 Å². The lowest BCUT2D eigenvalue weighted by Gasteiger charge is -2.30. The fraction of sp³-hybridized carbons (Fsp3) is 0.429. The molecule has 1 aromatic carbocycles. The molecule has 1 atom stereocenters. The van der Waals surface area contributed by atoms with Crippen molar-refractivity contribution in [2.24, 2.45) is 0 Å². The molecule has 0 spiro atoms. The first-order chi connectivity index (χ1) is 10.6. The van der Waals surface area contributed by atoms with Crippen LogP contribution in [0.1, 0.15) is 11.1 Å². The van der Waals surface area contributed by atoms with E-state index in [1.54, 1.807) is 0 Å². The highest BCUT2D eigenvalue weighted by Crippen LogP contribution is 2.18. The second-order valence-corrected chi connectivity index (χ2v) is 5.43. The molecule has 0 radical (unpaired) electrons. The lowest BCUT2D eigenvalue weighted by atomic mass is 10.00. The van der Waals surface area contributed by atoms with Gasteiger partial charge in [0, 0.05) is 24.7 Å². The predicted molar refractivity (Wildman–Crippen MR) is 78.1 cm³/mol. The lowest BCUT2D eigenvalue weighted by molar-refractivity contribution is -0.394. The molecular weight excluding hydrogens is 286 g/mol. The largest absolute Gasteiger partial charge is 0.490 e. The van der Waals surface area contributed by atoms with Crippen molar-refractivity contribution in [1.29, 1.82) is 0 Å². The maximum absolute atomic E-state index is 10.5. The van der Waals surface area contributed by atoms with Gasteiger partial charge in [0.1, 0.15) is 0 Å². The van der Waals surface area contributed by atoms with Crippen LogP contribution >= 0.6 is 0 Å². The molecule has 1 aliphatic rings. The molecule has 0 fully saturated rings. The SMILES string of the molecule is O=[N+]([O-])c1ncn(C[C@@H](O)CN2CCc3ccccc3C2)n1. The molecule has 8 heteroatoms. The average Bonchev–Trinajstić information content (AvgIpc) is 2.95. The molecule has 3 rings (SSSR count). The zero-order chi connectivity index (χ0) is 15.5. The van der Waals surface area contributed by atoms with E-state index >= 15 is 0 Å². The smallest absolute Gasteiger partial charge is 0.390 e. The fourth-order valence-corrected chi connectivity index (χ4v) is 2.74. The van der Waals surface area contributed by atoms with Gasteiger partial charge in [-0.2, -0.15) is 4.68 Å². The van der Waals surface area contributed by atoms with Crippen molar-refractivity contribution in [3.63, 3.8) is 0 Å². The van der Waals surface area contributed by atoms with Crippen molar-refractivity contribution in [2.75, 3.05) is 13.1 Å². The maximum Gasteiger partial charge on any atom is 0.490 e. The molecule has 0 aliphatic carbocycles. The van der Waals surface area contributed by atoms with Crippen LogP contribution in [0.4, 0.5) is 5.95 Å². The Morgan fingerprint density at radius 2 is 2.09 bits per heavy atom. The van der Waals surface area contributed by atoms with Crippen LogP contribution in [-0.2, 0) is 19.5 Å². The van der Waals surface area contributed by atoms with E-state index in [1.807, 2.05) is 12.1 Å². The summed E-state index contributed by atoms with van der Waals surface area (Å²) in [6.45, 7) is 2.40. The van der Waals surface area contributed by atoms with E-state index in [4.69, 9.17) is 0 Å². The molecule has 0 bridgehead atoms. The Bertz CT molecular complexity index is 672. The van der Waals surface area contributed by atoms with Crippen molar-refractivity contribution in [2.45, 2.75) is 25.6 Å². The Kier molecular flexibility index (Phi) is 4.12. The van der Waals surface area contributed by atoms with Crippen molar-refractivity contribution in [3.8, 4) is 0 Å². The van der Waals surface area contributed by atoms with Gasteiger partial charge in [-0.15, -0.1) is 0 Å². The number of aliphatic hydroxyl groups excluding tert-OH is 1. The summed E-state index contributed by atoms with van der Waals surface area (Å²) in [5.74, 6) is -0.445. The minimum atomic E-state index is -0.648. The third-order valence-corrected chi connectivity index (χ3v) is 3.76. The second kappa shape index (κ2) is 6.20. The molecule has 1 aliphatic heterocycles. The molecule has 2 heterocycles. The summed E-state index contributed by atoms with van der Waals surface area (Å²) in [5.41, 5.74) is 2.65. The van der Waals surface area contributed by atoms with Crippen molar-refractivity contribution in [3.05, 3.63) is 51.8 Å². The van der Waals surface area contributed by atoms with Crippen LogP contribution < -0.4 is 0 Å². The number of hydrogen-bond acceptors (Lipinski definition) is 6. The van der Waals surface area contributed by atoms with E-state index in [-0.39, 0.29) is 6.54 Å². The summed E-state index contributed by atoms with van der Waals surface area (Å²) in [6, 6.07) is 8.31. The Morgan fingerprint density at radius 3 is 2.82 bits per heavy atom. The number of nitro groups is 1. The highest BCUT2D eigenvalue weighted by molar-refractivity contribution is 5.29. The van der Waals surface area contributed by atoms with E-state index < -0.39 is 17.0 Å². The van der Waals surface area contributed by atoms with E-state index in [2.05, 4.69) is 27.1 Å². The topological polar surface area (TPSA) is 97.3 Å². The van der Waals surface area contributed by atoms with Gasteiger partial charge < -0.3 is 15.2 Å². The lowest BCUT2D eigenvalue weighted by Crippen LogP contribution is -2.38. The summed E-state index contributed by atoms with van der Waals surface area (Å²) in [5, 5.41) is 24.4. The number of nitrogens with zero attached hydrogens (tertiary/aromatic N) is 5. The Hall–Kier alpha value is -2.32. The number of β-amino-alcohol motifs (C(OH)–C–C–N with tert-alkyl or cyclic N) is 1. The predicted octanol–water partition coefficient (Wildman–Crippen LogP) is 0.605. The van der Waals surface area contributed by atoms with E-state index in [9.17, 15) is 15.2 Å². The van der Waals surface area contributed by atoms with Crippen molar-refractivity contribution in [1.82, 2.24) is 19.7 Å². The standard InChI is InChI=1S/C14H17N5O3/c20-13(9-18-10-15-14(16-18)19(21)22)8-17-6-5-11-3-1-2-4-12(11)7-17/h1-4,10,13,20H,5-9H2/t13-/m0/s1. The Labute approximate surface area is 127 Å². The Balaban J connectivity index is 1.56. The molecule has 1 aromatic heterocycles. The Morgan fingerprint density at radius 1 is 1.32 bits per heavy atom. The fourth-order valence-electron chi connectivity index (χ4n) is 2.74. The summed E-state index contributed by atoms with van der Waals surface area (Å²) in [6.07, 6.45) is 1.59. The normalized spacial score (nSPS) is 16.2. The molecule has 0 unspecified atom stereocenters. The number of rotatable bonds is 5. The van der Waals surface area contributed by atoms with Gasteiger partial charge in [0.25, 0.3) is 0 Å². The van der Waals surface area contributed by atoms with Crippen LogP contribution in [-0.4, -0.2) is 48.9 Å². The highest BCUT2D eigenvalue weighted by atomic mass is 16.6. The summed E-state index contributed by atoms with van der Waals surface area (Å²) in [4.78, 5) is 15.6. The van der Waals surface area contributed by atoms with Crippen molar-refractivity contribution >= 4 is 5.95 Å². The first kappa shape index (κ1) is 14.6. The summed E-state index contributed by atoms with van der Waals surface area (Å²) >= 11 is 0. The van der Waals surface area contributed by atoms with Crippen LogP contribution in [0.25, 0.3) is 0 Å². The highest BCUT2D eigenvalue weighted by Gasteiger charge is 2.20. The van der Waals surface area contributed by atoms with E-state index in [0.29, 0.717) is 6.54 Å². The van der Waals surface area contributed by atoms with E-state index in [0.717, 1.165) is 19.5 Å². The van der Waals surface area contributed by atoms with Gasteiger partial charge >= 0.3 is 5.95 Å². The van der Waals surface area contributed by atoms with E-state index in [1.165, 1.54) is 22.1 Å². The zero-order valence-electron chi connectivity index (χ0n) is 12.0. The number of fused-ring (bicyclic) bond motifs is 1. The molecule has 0 saturated heterocycles. The number of aliphatic hydroxyl groups is 1. The van der Waals surface area contributed by atoms with Crippen LogP contribution in [0.5, 0.6) is 0 Å². The van der Waals surface area contributed by atoms with Crippen molar-refractivity contribution < 1.29 is 10.0 Å². The van der Waals surface area contributed by atoms with Gasteiger partial charge in [-0.25, -0.2) is 0 Å². The third-order valence-electron chi connectivity index (χ3n) is 3.76. The minimum absolute atomic E-state index is 0.193. The summed E-state index contributed by atoms with van der Waals surface area (Å²) in [7, 11) is 0. The zero-order valence-corrected chi connectivity index (χ0v) is 12.0. The molecule has 0 amide bonds. The molecule has 1 N–H and O–H groups in total. The second-order valence-electron chi connectivity index (χ2n) is 5.43. The molecular formula is C14H17N5O3.